The molecular weight excluding hydrogens is 263 g/mol. The Morgan fingerprint density at radius 2 is 2.00 bits per heavy atom. The minimum absolute atomic E-state index is 0.0214. The Kier molecular flexibility index (Phi) is 2.14. The molecule has 14 heavy (non-hydrogen) atoms. The predicted molar refractivity (Wildman–Crippen MR) is 60.2 cm³/mol. The van der Waals surface area contributed by atoms with Crippen molar-refractivity contribution in [3.8, 4) is 11.3 Å². The van der Waals surface area contributed by atoms with E-state index < -0.39 is 0 Å². The molecule has 70 valence electrons. The van der Waals surface area contributed by atoms with Gasteiger partial charge < -0.3 is 0 Å². The number of benzene rings is 1. The smallest absolute Gasteiger partial charge is 0.149 e. The summed E-state index contributed by atoms with van der Waals surface area (Å²) >= 11 is 8.99. The highest BCUT2D eigenvalue weighted by atomic mass is 79.9. The quantitative estimate of drug-likeness (QED) is 0.792. The van der Waals surface area contributed by atoms with Crippen molar-refractivity contribution < 1.29 is 2.74 Å². The number of hydrogen-bond acceptors (Lipinski definition) is 2. The zero-order valence-electron chi connectivity index (χ0n) is 8.96. The molecule has 0 radical (unpaired) electrons. The van der Waals surface area contributed by atoms with Crippen LogP contribution in [0.1, 0.15) is 2.74 Å². The summed E-state index contributed by atoms with van der Waals surface area (Å²) in [4.78, 5) is 0. The highest BCUT2D eigenvalue weighted by Gasteiger charge is 2.03. The number of halogens is 2. The second-order valence-corrected chi connectivity index (χ2v) is 3.78. The van der Waals surface area contributed by atoms with Crippen LogP contribution >= 0.6 is 27.5 Å². The predicted octanol–water partition coefficient (Wildman–Crippen LogP) is 3.56. The third-order valence-electron chi connectivity index (χ3n) is 1.65. The minimum Gasteiger partial charge on any atom is -0.149 e. The highest BCUT2D eigenvalue weighted by Crippen LogP contribution is 2.25. The zero-order valence-corrected chi connectivity index (χ0v) is 9.30. The van der Waals surface area contributed by atoms with Crippen LogP contribution in [0.15, 0.2) is 40.8 Å². The van der Waals surface area contributed by atoms with Gasteiger partial charge in [0.25, 0.3) is 0 Å². The van der Waals surface area contributed by atoms with E-state index in [9.17, 15) is 0 Å². The van der Waals surface area contributed by atoms with Crippen LogP contribution in [0.3, 0.4) is 0 Å². The first-order valence-electron chi connectivity index (χ1n) is 4.85. The SMILES string of the molecule is [2H]c1c(Cl)nnc(-c2ccccc2Br)c1[2H]. The topological polar surface area (TPSA) is 25.8 Å². The van der Waals surface area contributed by atoms with Crippen LogP contribution in [-0.4, -0.2) is 10.2 Å². The first-order valence-corrected chi connectivity index (χ1v) is 5.02. The van der Waals surface area contributed by atoms with Crippen molar-refractivity contribution in [1.29, 1.82) is 0 Å². The fourth-order valence-corrected chi connectivity index (χ4v) is 1.59. The van der Waals surface area contributed by atoms with E-state index >= 15 is 0 Å². The average molecular weight is 272 g/mol. The van der Waals surface area contributed by atoms with Crippen LogP contribution in [0.25, 0.3) is 11.3 Å². The molecule has 0 amide bonds. The van der Waals surface area contributed by atoms with E-state index in [4.69, 9.17) is 14.3 Å². The van der Waals surface area contributed by atoms with E-state index in [1.165, 1.54) is 0 Å². The van der Waals surface area contributed by atoms with Crippen molar-refractivity contribution in [2.75, 3.05) is 0 Å². The molecule has 1 aromatic heterocycles. The molecule has 0 aliphatic rings. The summed E-state index contributed by atoms with van der Waals surface area (Å²) < 4.78 is 16.1. The summed E-state index contributed by atoms with van der Waals surface area (Å²) in [6, 6.07) is 7.21. The monoisotopic (exact) mass is 270 g/mol. The average Bonchev–Trinajstić information content (AvgIpc) is 2.28. The van der Waals surface area contributed by atoms with Crippen molar-refractivity contribution in [2.24, 2.45) is 0 Å². The van der Waals surface area contributed by atoms with Crippen LogP contribution in [0.5, 0.6) is 0 Å². The lowest BCUT2D eigenvalue weighted by Gasteiger charge is -2.01. The van der Waals surface area contributed by atoms with E-state index in [2.05, 4.69) is 26.1 Å². The fourth-order valence-electron chi connectivity index (χ4n) is 1.03. The third-order valence-corrected chi connectivity index (χ3v) is 2.51. The Balaban J connectivity index is 2.66. The van der Waals surface area contributed by atoms with Crippen molar-refractivity contribution in [1.82, 2.24) is 10.2 Å². The van der Waals surface area contributed by atoms with Gasteiger partial charge >= 0.3 is 0 Å². The lowest BCUT2D eigenvalue weighted by molar-refractivity contribution is 1.04. The number of nitrogens with zero attached hydrogens (tertiary/aromatic N) is 2. The lowest BCUT2D eigenvalue weighted by atomic mass is 10.1. The molecule has 0 fully saturated rings. The van der Waals surface area contributed by atoms with E-state index in [1.807, 2.05) is 18.2 Å². The first kappa shape index (κ1) is 7.37. The van der Waals surface area contributed by atoms with Crippen molar-refractivity contribution >= 4 is 27.5 Å². The van der Waals surface area contributed by atoms with Crippen LogP contribution < -0.4 is 0 Å². The molecule has 0 saturated heterocycles. The molecule has 0 saturated carbocycles. The van der Waals surface area contributed by atoms with Crippen LogP contribution in [0, 0.1) is 0 Å². The second-order valence-electron chi connectivity index (χ2n) is 2.57. The molecule has 4 heteroatoms. The lowest BCUT2D eigenvalue weighted by Crippen LogP contribution is -1.87. The largest absolute Gasteiger partial charge is 0.151 e. The molecule has 0 N–H and O–H groups in total. The van der Waals surface area contributed by atoms with E-state index in [-0.39, 0.29) is 17.2 Å². The Labute approximate surface area is 97.9 Å². The molecule has 0 aliphatic heterocycles. The zero-order chi connectivity index (χ0) is 11.7. The summed E-state index contributed by atoms with van der Waals surface area (Å²) in [5.41, 5.74) is 1.08. The van der Waals surface area contributed by atoms with Gasteiger partial charge in [-0.2, -0.15) is 0 Å². The molecule has 0 bridgehead atoms. The van der Waals surface area contributed by atoms with Crippen LogP contribution in [-0.2, 0) is 0 Å². The summed E-state index contributed by atoms with van der Waals surface area (Å²) in [6.45, 7) is 0. The van der Waals surface area contributed by atoms with Gasteiger partial charge in [0.05, 0.1) is 8.44 Å². The van der Waals surface area contributed by atoms with Crippen molar-refractivity contribution in [3.05, 3.63) is 46.0 Å². The van der Waals surface area contributed by atoms with Gasteiger partial charge in [0.15, 0.2) is 5.15 Å². The van der Waals surface area contributed by atoms with Crippen LogP contribution in [0.4, 0.5) is 0 Å². The van der Waals surface area contributed by atoms with Crippen LogP contribution in [0.2, 0.25) is 5.15 Å². The van der Waals surface area contributed by atoms with Gasteiger partial charge in [-0.1, -0.05) is 45.7 Å². The third kappa shape index (κ3) is 1.94. The maximum Gasteiger partial charge on any atom is 0.151 e. The molecule has 0 spiro atoms. The number of rotatable bonds is 1. The summed E-state index contributed by atoms with van der Waals surface area (Å²) in [5.74, 6) is 0. The Morgan fingerprint density at radius 3 is 2.79 bits per heavy atom. The molecule has 2 aromatic rings. The molecular formula is C10H6BrClN2. The van der Waals surface area contributed by atoms with Crippen molar-refractivity contribution in [3.63, 3.8) is 0 Å². The maximum absolute atomic E-state index is 7.78. The van der Waals surface area contributed by atoms with Gasteiger partial charge in [-0.3, -0.25) is 0 Å². The molecule has 1 heterocycles. The Hall–Kier alpha value is -0.930. The minimum atomic E-state index is -0.109. The standard InChI is InChI=1S/C10H6BrClN2/c11-8-4-2-1-3-7(8)9-5-6-10(12)14-13-9/h1-6H/i5D,6D. The normalized spacial score (nSPS) is 12.1. The van der Waals surface area contributed by atoms with Gasteiger partial charge in [-0.05, 0) is 18.2 Å². The summed E-state index contributed by atoms with van der Waals surface area (Å²) in [6.07, 6.45) is 0. The van der Waals surface area contributed by atoms with Gasteiger partial charge in [0.2, 0.25) is 0 Å². The Bertz CT molecular complexity index is 548. The summed E-state index contributed by atoms with van der Waals surface area (Å²) in [5, 5.41) is 7.44. The first-order chi connectivity index (χ1) is 7.61. The van der Waals surface area contributed by atoms with E-state index in [0.717, 1.165) is 10.0 Å². The van der Waals surface area contributed by atoms with Crippen molar-refractivity contribution in [2.45, 2.75) is 0 Å². The number of aromatic nitrogens is 2. The van der Waals surface area contributed by atoms with E-state index in [0.29, 0.717) is 5.69 Å². The molecule has 1 aromatic carbocycles. The van der Waals surface area contributed by atoms with E-state index in [1.54, 1.807) is 6.07 Å². The van der Waals surface area contributed by atoms with Gasteiger partial charge in [-0.25, -0.2) is 0 Å². The molecule has 2 nitrogen and oxygen atoms in total. The molecule has 2 rings (SSSR count). The van der Waals surface area contributed by atoms with Gasteiger partial charge in [-0.15, -0.1) is 10.2 Å². The molecule has 0 atom stereocenters. The number of hydrogen-bond donors (Lipinski definition) is 0. The van der Waals surface area contributed by atoms with Gasteiger partial charge in [0.1, 0.15) is 0 Å². The molecule has 0 unspecified atom stereocenters. The fraction of sp³-hybridized carbons (Fsp3) is 0. The second kappa shape index (κ2) is 4.07. The highest BCUT2D eigenvalue weighted by molar-refractivity contribution is 9.10. The summed E-state index contributed by atoms with van der Waals surface area (Å²) in [7, 11) is 0. The molecule has 0 aliphatic carbocycles. The maximum atomic E-state index is 7.78. The van der Waals surface area contributed by atoms with Gasteiger partial charge in [0, 0.05) is 10.0 Å². The Morgan fingerprint density at radius 1 is 1.21 bits per heavy atom.